The molecule has 0 aliphatic carbocycles. The molecular formula is C12H15BrN2O2S. The summed E-state index contributed by atoms with van der Waals surface area (Å²) in [5.74, 6) is 0.232. The number of piperazine rings is 1. The molecule has 0 atom stereocenters. The van der Waals surface area contributed by atoms with Crippen molar-refractivity contribution in [3.8, 4) is 0 Å². The van der Waals surface area contributed by atoms with Crippen LogP contribution in [0.4, 0.5) is 0 Å². The first-order valence-electron chi connectivity index (χ1n) is 5.94. The van der Waals surface area contributed by atoms with E-state index in [-0.39, 0.29) is 11.8 Å². The fourth-order valence-corrected chi connectivity index (χ4v) is 3.32. The molecule has 1 aliphatic heterocycles. The number of halogens is 1. The number of carbonyl (C=O) groups is 2. The van der Waals surface area contributed by atoms with Gasteiger partial charge >= 0.3 is 0 Å². The molecule has 1 aromatic rings. The molecule has 18 heavy (non-hydrogen) atoms. The maximum atomic E-state index is 12.2. The van der Waals surface area contributed by atoms with Crippen LogP contribution >= 0.6 is 27.3 Å². The molecule has 0 unspecified atom stereocenters. The first-order valence-corrected chi connectivity index (χ1v) is 7.55. The van der Waals surface area contributed by atoms with Crippen LogP contribution in [0, 0.1) is 0 Å². The summed E-state index contributed by atoms with van der Waals surface area (Å²) in [7, 11) is 0. The Balaban J connectivity index is 1.94. The first kappa shape index (κ1) is 13.5. The first-order chi connectivity index (χ1) is 8.61. The van der Waals surface area contributed by atoms with E-state index in [2.05, 4.69) is 15.9 Å². The molecule has 2 heterocycles. The quantitative estimate of drug-likeness (QED) is 0.834. The minimum Gasteiger partial charge on any atom is -0.339 e. The van der Waals surface area contributed by atoms with Crippen molar-refractivity contribution in [3.63, 3.8) is 0 Å². The summed E-state index contributed by atoms with van der Waals surface area (Å²) in [6, 6.07) is 3.72. The molecule has 4 nitrogen and oxygen atoms in total. The zero-order valence-electron chi connectivity index (χ0n) is 10.2. The Bertz CT molecular complexity index is 453. The van der Waals surface area contributed by atoms with E-state index in [4.69, 9.17) is 0 Å². The van der Waals surface area contributed by atoms with Crippen molar-refractivity contribution in [1.82, 2.24) is 9.80 Å². The van der Waals surface area contributed by atoms with Gasteiger partial charge in [-0.2, -0.15) is 0 Å². The summed E-state index contributed by atoms with van der Waals surface area (Å²) in [6.07, 6.45) is 0.534. The van der Waals surface area contributed by atoms with Crippen molar-refractivity contribution in [2.75, 3.05) is 26.2 Å². The average Bonchev–Trinajstić information content (AvgIpc) is 2.84. The lowest BCUT2D eigenvalue weighted by molar-refractivity contribution is -0.132. The SMILES string of the molecule is CCC(=O)N1CCN(C(=O)c2ccc(Br)s2)CC1. The fraction of sp³-hybridized carbons (Fsp3) is 0.500. The Morgan fingerprint density at radius 2 is 1.83 bits per heavy atom. The standard InChI is InChI=1S/C12H15BrN2O2S/c1-2-11(16)14-5-7-15(8-6-14)12(17)9-3-4-10(13)18-9/h3-4H,2,5-8H2,1H3. The Morgan fingerprint density at radius 1 is 1.22 bits per heavy atom. The molecule has 0 radical (unpaired) electrons. The highest BCUT2D eigenvalue weighted by atomic mass is 79.9. The molecule has 2 rings (SSSR count). The summed E-state index contributed by atoms with van der Waals surface area (Å²) in [4.78, 5) is 28.1. The van der Waals surface area contributed by atoms with Crippen LogP contribution in [-0.2, 0) is 4.79 Å². The van der Waals surface area contributed by atoms with Gasteiger partial charge in [-0.1, -0.05) is 6.92 Å². The molecule has 1 saturated heterocycles. The molecule has 0 spiro atoms. The molecule has 0 saturated carbocycles. The van der Waals surface area contributed by atoms with Gasteiger partial charge in [-0.25, -0.2) is 0 Å². The van der Waals surface area contributed by atoms with Crippen molar-refractivity contribution in [2.24, 2.45) is 0 Å². The highest BCUT2D eigenvalue weighted by Crippen LogP contribution is 2.23. The molecule has 1 aromatic heterocycles. The van der Waals surface area contributed by atoms with Crippen molar-refractivity contribution in [3.05, 3.63) is 20.8 Å². The maximum absolute atomic E-state index is 12.2. The summed E-state index contributed by atoms with van der Waals surface area (Å²) >= 11 is 4.80. The van der Waals surface area contributed by atoms with Crippen LogP contribution in [0.5, 0.6) is 0 Å². The molecule has 98 valence electrons. The second-order valence-corrected chi connectivity index (χ2v) is 6.59. The van der Waals surface area contributed by atoms with Crippen LogP contribution in [0.2, 0.25) is 0 Å². The Hall–Kier alpha value is -0.880. The number of amides is 2. The van der Waals surface area contributed by atoms with E-state index in [1.165, 1.54) is 11.3 Å². The fourth-order valence-electron chi connectivity index (χ4n) is 1.97. The van der Waals surface area contributed by atoms with Crippen molar-refractivity contribution in [2.45, 2.75) is 13.3 Å². The molecule has 1 aliphatic rings. The second-order valence-electron chi connectivity index (χ2n) is 4.13. The lowest BCUT2D eigenvalue weighted by Crippen LogP contribution is -2.50. The van der Waals surface area contributed by atoms with Gasteiger partial charge in [-0.3, -0.25) is 9.59 Å². The van der Waals surface area contributed by atoms with Crippen molar-refractivity contribution >= 4 is 39.1 Å². The van der Waals surface area contributed by atoms with E-state index in [1.807, 2.05) is 28.9 Å². The Morgan fingerprint density at radius 3 is 2.33 bits per heavy atom. The largest absolute Gasteiger partial charge is 0.339 e. The number of carbonyl (C=O) groups excluding carboxylic acids is 2. The van der Waals surface area contributed by atoms with Crippen LogP contribution in [0.15, 0.2) is 15.9 Å². The van der Waals surface area contributed by atoms with E-state index in [0.717, 1.165) is 8.66 Å². The normalized spacial score (nSPS) is 15.9. The van der Waals surface area contributed by atoms with Gasteiger partial charge in [-0.05, 0) is 28.1 Å². The van der Waals surface area contributed by atoms with E-state index in [9.17, 15) is 9.59 Å². The van der Waals surface area contributed by atoms with Gasteiger partial charge < -0.3 is 9.80 Å². The number of rotatable bonds is 2. The zero-order chi connectivity index (χ0) is 13.1. The summed E-state index contributed by atoms with van der Waals surface area (Å²) in [5, 5.41) is 0. The predicted octanol–water partition coefficient (Wildman–Crippen LogP) is 2.21. The highest BCUT2D eigenvalue weighted by molar-refractivity contribution is 9.11. The number of nitrogens with zero attached hydrogens (tertiary/aromatic N) is 2. The lowest BCUT2D eigenvalue weighted by Gasteiger charge is -2.34. The van der Waals surface area contributed by atoms with E-state index < -0.39 is 0 Å². The smallest absolute Gasteiger partial charge is 0.264 e. The lowest BCUT2D eigenvalue weighted by atomic mass is 10.2. The molecule has 0 N–H and O–H groups in total. The van der Waals surface area contributed by atoms with Crippen LogP contribution < -0.4 is 0 Å². The van der Waals surface area contributed by atoms with Gasteiger partial charge in [0.25, 0.3) is 5.91 Å². The number of hydrogen-bond acceptors (Lipinski definition) is 3. The number of hydrogen-bond donors (Lipinski definition) is 0. The summed E-state index contributed by atoms with van der Waals surface area (Å²) in [5.41, 5.74) is 0. The molecule has 0 bridgehead atoms. The van der Waals surface area contributed by atoms with Crippen LogP contribution in [0.25, 0.3) is 0 Å². The second kappa shape index (κ2) is 5.84. The van der Waals surface area contributed by atoms with Gasteiger partial charge in [0.2, 0.25) is 5.91 Å². The summed E-state index contributed by atoms with van der Waals surface area (Å²) < 4.78 is 0.964. The minimum atomic E-state index is 0.0642. The van der Waals surface area contributed by atoms with Gasteiger partial charge in [0.05, 0.1) is 8.66 Å². The van der Waals surface area contributed by atoms with E-state index >= 15 is 0 Å². The molecule has 0 aromatic carbocycles. The van der Waals surface area contributed by atoms with Crippen LogP contribution in [0.1, 0.15) is 23.0 Å². The monoisotopic (exact) mass is 330 g/mol. The van der Waals surface area contributed by atoms with E-state index in [0.29, 0.717) is 32.6 Å². The Kier molecular flexibility index (Phi) is 4.40. The zero-order valence-corrected chi connectivity index (χ0v) is 12.6. The third-order valence-electron chi connectivity index (χ3n) is 3.01. The third kappa shape index (κ3) is 2.92. The van der Waals surface area contributed by atoms with Gasteiger partial charge in [0.1, 0.15) is 0 Å². The highest BCUT2D eigenvalue weighted by Gasteiger charge is 2.24. The third-order valence-corrected chi connectivity index (χ3v) is 4.62. The molecule has 2 amide bonds. The number of thiophene rings is 1. The van der Waals surface area contributed by atoms with Crippen molar-refractivity contribution in [1.29, 1.82) is 0 Å². The molecule has 6 heteroatoms. The van der Waals surface area contributed by atoms with E-state index in [1.54, 1.807) is 0 Å². The topological polar surface area (TPSA) is 40.6 Å². The Labute approximate surface area is 119 Å². The molecule has 1 fully saturated rings. The van der Waals surface area contributed by atoms with Gasteiger partial charge in [-0.15, -0.1) is 11.3 Å². The predicted molar refractivity (Wildman–Crippen MR) is 74.8 cm³/mol. The summed E-state index contributed by atoms with van der Waals surface area (Å²) in [6.45, 7) is 4.40. The van der Waals surface area contributed by atoms with Crippen LogP contribution in [-0.4, -0.2) is 47.8 Å². The average molecular weight is 331 g/mol. The maximum Gasteiger partial charge on any atom is 0.264 e. The molecular weight excluding hydrogens is 316 g/mol. The van der Waals surface area contributed by atoms with Gasteiger partial charge in [0, 0.05) is 32.6 Å². The van der Waals surface area contributed by atoms with Crippen molar-refractivity contribution < 1.29 is 9.59 Å². The minimum absolute atomic E-state index is 0.0642. The van der Waals surface area contributed by atoms with Gasteiger partial charge in [0.15, 0.2) is 0 Å². The van der Waals surface area contributed by atoms with Crippen LogP contribution in [0.3, 0.4) is 0 Å².